The first-order valence-electron chi connectivity index (χ1n) is 9.86. The van der Waals surface area contributed by atoms with Crippen LogP contribution in [0, 0.1) is 17.6 Å². The number of amides is 3. The summed E-state index contributed by atoms with van der Waals surface area (Å²) in [5.41, 5.74) is 1.66. The molecule has 166 valence electrons. The summed E-state index contributed by atoms with van der Waals surface area (Å²) in [5.74, 6) is -2.00. The lowest BCUT2D eigenvalue weighted by atomic mass is 9.99. The van der Waals surface area contributed by atoms with Crippen molar-refractivity contribution in [1.82, 2.24) is 19.6 Å². The molecule has 2 aliphatic rings. The fourth-order valence-corrected chi connectivity index (χ4v) is 4.46. The predicted molar refractivity (Wildman–Crippen MR) is 112 cm³/mol. The van der Waals surface area contributed by atoms with E-state index in [-0.39, 0.29) is 41.2 Å². The number of fused-ring (bicyclic) bond motifs is 3. The summed E-state index contributed by atoms with van der Waals surface area (Å²) in [6, 6.07) is 1.06. The van der Waals surface area contributed by atoms with Crippen molar-refractivity contribution in [1.29, 1.82) is 0 Å². The molecule has 8 nitrogen and oxygen atoms in total. The number of hydrogen-bond acceptors (Lipinski definition) is 4. The summed E-state index contributed by atoms with van der Waals surface area (Å²) in [5, 5.41) is 16.7. The largest absolute Gasteiger partial charge is 0.396 e. The Morgan fingerprint density at radius 1 is 1.32 bits per heavy atom. The SMILES string of the molecule is C[C@@H]1Cc2nn3c(c2CN1C(=O)Nc1cc(Br)c(F)cc1F)C(=O)N(C)C[C@H](CO)C3. The van der Waals surface area contributed by atoms with Crippen LogP contribution in [0.2, 0.25) is 0 Å². The number of halogens is 3. The normalized spacial score (nSPS) is 20.9. The molecule has 0 unspecified atom stereocenters. The van der Waals surface area contributed by atoms with Gasteiger partial charge in [0, 0.05) is 56.8 Å². The Labute approximate surface area is 185 Å². The van der Waals surface area contributed by atoms with Crippen LogP contribution in [-0.2, 0) is 19.5 Å². The fraction of sp³-hybridized carbons (Fsp3) is 0.450. The van der Waals surface area contributed by atoms with Gasteiger partial charge in [-0.1, -0.05) is 0 Å². The molecule has 2 atom stereocenters. The van der Waals surface area contributed by atoms with Crippen LogP contribution in [0.1, 0.15) is 28.7 Å². The molecule has 0 radical (unpaired) electrons. The number of benzene rings is 1. The summed E-state index contributed by atoms with van der Waals surface area (Å²) in [6.07, 6.45) is 0.430. The van der Waals surface area contributed by atoms with E-state index >= 15 is 0 Å². The van der Waals surface area contributed by atoms with Crippen LogP contribution in [0.5, 0.6) is 0 Å². The predicted octanol–water partition coefficient (Wildman–Crippen LogP) is 2.60. The van der Waals surface area contributed by atoms with Gasteiger partial charge in [0.15, 0.2) is 0 Å². The lowest BCUT2D eigenvalue weighted by molar-refractivity contribution is 0.0761. The van der Waals surface area contributed by atoms with Gasteiger partial charge in [0.05, 0.1) is 22.4 Å². The minimum atomic E-state index is -0.884. The van der Waals surface area contributed by atoms with E-state index in [1.54, 1.807) is 16.6 Å². The number of aliphatic hydroxyl groups excluding tert-OH is 1. The monoisotopic (exact) mass is 497 g/mol. The fourth-order valence-electron chi connectivity index (χ4n) is 4.11. The van der Waals surface area contributed by atoms with E-state index in [2.05, 4.69) is 26.3 Å². The number of nitrogens with one attached hydrogen (secondary N) is 1. The molecule has 0 bridgehead atoms. The van der Waals surface area contributed by atoms with E-state index in [4.69, 9.17) is 0 Å². The number of rotatable bonds is 2. The van der Waals surface area contributed by atoms with Crippen LogP contribution < -0.4 is 5.32 Å². The van der Waals surface area contributed by atoms with E-state index in [1.807, 2.05) is 6.92 Å². The molecule has 0 saturated heterocycles. The number of carbonyl (C=O) groups excluding carboxylic acids is 2. The minimum Gasteiger partial charge on any atom is -0.396 e. The van der Waals surface area contributed by atoms with Gasteiger partial charge in [0.25, 0.3) is 5.91 Å². The Morgan fingerprint density at radius 3 is 2.77 bits per heavy atom. The molecule has 0 aliphatic carbocycles. The van der Waals surface area contributed by atoms with Crippen LogP contribution in [0.25, 0.3) is 0 Å². The maximum Gasteiger partial charge on any atom is 0.322 e. The summed E-state index contributed by atoms with van der Waals surface area (Å²) >= 11 is 2.99. The number of nitrogens with zero attached hydrogens (tertiary/aromatic N) is 4. The molecule has 31 heavy (non-hydrogen) atoms. The second kappa shape index (κ2) is 8.19. The lowest BCUT2D eigenvalue weighted by Gasteiger charge is -2.33. The van der Waals surface area contributed by atoms with Crippen molar-refractivity contribution in [2.24, 2.45) is 5.92 Å². The number of anilines is 1. The third kappa shape index (κ3) is 3.91. The highest BCUT2D eigenvalue weighted by atomic mass is 79.9. The Bertz CT molecular complexity index is 1060. The summed E-state index contributed by atoms with van der Waals surface area (Å²) in [4.78, 5) is 28.9. The second-order valence-corrected chi connectivity index (χ2v) is 8.90. The van der Waals surface area contributed by atoms with E-state index < -0.39 is 17.7 Å². The summed E-state index contributed by atoms with van der Waals surface area (Å²) in [7, 11) is 1.67. The first-order chi connectivity index (χ1) is 14.7. The Hall–Kier alpha value is -2.53. The topological polar surface area (TPSA) is 90.7 Å². The number of urea groups is 1. The summed E-state index contributed by atoms with van der Waals surface area (Å²) in [6.45, 7) is 2.72. The molecule has 0 spiro atoms. The highest BCUT2D eigenvalue weighted by Crippen LogP contribution is 2.30. The first-order valence-corrected chi connectivity index (χ1v) is 10.7. The van der Waals surface area contributed by atoms with Crippen molar-refractivity contribution in [3.05, 3.63) is 45.2 Å². The third-order valence-electron chi connectivity index (χ3n) is 5.77. The quantitative estimate of drug-likeness (QED) is 0.624. The average Bonchev–Trinajstić information content (AvgIpc) is 3.00. The minimum absolute atomic E-state index is 0.0344. The first kappa shape index (κ1) is 21.7. The number of carbonyl (C=O) groups is 2. The number of aromatic nitrogens is 2. The zero-order valence-electron chi connectivity index (χ0n) is 17.0. The molecule has 0 saturated carbocycles. The molecule has 4 rings (SSSR count). The highest BCUT2D eigenvalue weighted by molar-refractivity contribution is 9.10. The Balaban J connectivity index is 1.63. The standard InChI is InChI=1S/C20H22BrF2N5O3/c1-10-3-16-12(18-19(30)26(2)6-11(9-29)7-28(18)25-16)8-27(10)20(31)24-17-4-13(21)14(22)5-15(17)23/h4-5,10-11,29H,3,6-9H2,1-2H3,(H,24,31)/t10-,11+/m1/s1. The van der Waals surface area contributed by atoms with Crippen LogP contribution in [-0.4, -0.2) is 62.9 Å². The van der Waals surface area contributed by atoms with E-state index in [0.717, 1.165) is 5.69 Å². The third-order valence-corrected chi connectivity index (χ3v) is 6.37. The van der Waals surface area contributed by atoms with Crippen molar-refractivity contribution in [3.8, 4) is 0 Å². The Morgan fingerprint density at radius 2 is 2.06 bits per heavy atom. The van der Waals surface area contributed by atoms with Crippen LogP contribution in [0.4, 0.5) is 19.3 Å². The highest BCUT2D eigenvalue weighted by Gasteiger charge is 2.37. The molecule has 11 heteroatoms. The van der Waals surface area contributed by atoms with Crippen molar-refractivity contribution >= 4 is 33.6 Å². The van der Waals surface area contributed by atoms with Gasteiger partial charge in [-0.15, -0.1) is 0 Å². The zero-order chi connectivity index (χ0) is 22.4. The van der Waals surface area contributed by atoms with Crippen molar-refractivity contribution in [2.75, 3.05) is 25.5 Å². The Kier molecular flexibility index (Phi) is 5.73. The maximum absolute atomic E-state index is 14.1. The van der Waals surface area contributed by atoms with Crippen molar-refractivity contribution in [3.63, 3.8) is 0 Å². The molecule has 3 amide bonds. The molecule has 0 fully saturated rings. The molecule has 3 heterocycles. The maximum atomic E-state index is 14.1. The van der Waals surface area contributed by atoms with Gasteiger partial charge in [-0.3, -0.25) is 9.48 Å². The van der Waals surface area contributed by atoms with Crippen molar-refractivity contribution in [2.45, 2.75) is 32.5 Å². The molecule has 2 aliphatic heterocycles. The molecule has 2 N–H and O–H groups in total. The van der Waals surface area contributed by atoms with Gasteiger partial charge in [-0.2, -0.15) is 5.10 Å². The van der Waals surface area contributed by atoms with Gasteiger partial charge in [-0.05, 0) is 28.9 Å². The summed E-state index contributed by atoms with van der Waals surface area (Å²) < 4.78 is 29.3. The van der Waals surface area contributed by atoms with E-state index in [0.29, 0.717) is 36.8 Å². The van der Waals surface area contributed by atoms with Gasteiger partial charge >= 0.3 is 6.03 Å². The molecular formula is C20H22BrF2N5O3. The van der Waals surface area contributed by atoms with Crippen LogP contribution in [0.3, 0.4) is 0 Å². The van der Waals surface area contributed by atoms with Gasteiger partial charge in [-0.25, -0.2) is 13.6 Å². The van der Waals surface area contributed by atoms with Crippen LogP contribution >= 0.6 is 15.9 Å². The molecule has 1 aromatic carbocycles. The second-order valence-electron chi connectivity index (χ2n) is 8.05. The van der Waals surface area contributed by atoms with Gasteiger partial charge in [0.1, 0.15) is 17.3 Å². The van der Waals surface area contributed by atoms with Gasteiger partial charge in [0.2, 0.25) is 0 Å². The lowest BCUT2D eigenvalue weighted by Crippen LogP contribution is -2.45. The van der Waals surface area contributed by atoms with Gasteiger partial charge < -0.3 is 20.2 Å². The smallest absolute Gasteiger partial charge is 0.322 e. The van der Waals surface area contributed by atoms with Crippen molar-refractivity contribution < 1.29 is 23.5 Å². The van der Waals surface area contributed by atoms with Crippen LogP contribution in [0.15, 0.2) is 16.6 Å². The number of hydrogen-bond donors (Lipinski definition) is 2. The molecular weight excluding hydrogens is 476 g/mol. The average molecular weight is 498 g/mol. The zero-order valence-corrected chi connectivity index (χ0v) is 18.6. The molecule has 2 aromatic rings. The number of aliphatic hydroxyl groups is 1. The molecule has 1 aromatic heterocycles. The van der Waals surface area contributed by atoms with E-state index in [1.165, 1.54) is 11.0 Å². The van der Waals surface area contributed by atoms with E-state index in [9.17, 15) is 23.5 Å².